The number of amides is 1. The molecule has 0 spiro atoms. The summed E-state index contributed by atoms with van der Waals surface area (Å²) in [6, 6.07) is 11.9. The third-order valence-corrected chi connectivity index (χ3v) is 5.33. The van der Waals surface area contributed by atoms with E-state index in [-0.39, 0.29) is 23.6 Å². The lowest BCUT2D eigenvalue weighted by molar-refractivity contribution is -0.123. The van der Waals surface area contributed by atoms with Crippen LogP contribution in [0.25, 0.3) is 0 Å². The summed E-state index contributed by atoms with van der Waals surface area (Å²) in [6.07, 6.45) is 0.492. The molecular formula is C19H17ClFNO2. The van der Waals surface area contributed by atoms with Gasteiger partial charge in [0.25, 0.3) is 0 Å². The summed E-state index contributed by atoms with van der Waals surface area (Å²) in [4.78, 5) is 12.5. The van der Waals surface area contributed by atoms with Gasteiger partial charge in [0, 0.05) is 28.8 Å². The van der Waals surface area contributed by atoms with Crippen LogP contribution < -0.4 is 5.32 Å². The van der Waals surface area contributed by atoms with Crippen molar-refractivity contribution in [1.29, 1.82) is 0 Å². The summed E-state index contributed by atoms with van der Waals surface area (Å²) in [5, 5.41) is 13.5. The van der Waals surface area contributed by atoms with Gasteiger partial charge in [-0.15, -0.1) is 0 Å². The summed E-state index contributed by atoms with van der Waals surface area (Å²) in [6.45, 7) is 0. The van der Waals surface area contributed by atoms with Crippen LogP contribution in [0.2, 0.25) is 5.02 Å². The second-order valence-electron chi connectivity index (χ2n) is 6.54. The topological polar surface area (TPSA) is 49.3 Å². The van der Waals surface area contributed by atoms with Gasteiger partial charge in [-0.05, 0) is 29.7 Å². The molecule has 2 aliphatic carbocycles. The van der Waals surface area contributed by atoms with E-state index >= 15 is 0 Å². The first-order chi connectivity index (χ1) is 11.6. The molecule has 4 unspecified atom stereocenters. The van der Waals surface area contributed by atoms with Crippen molar-refractivity contribution in [2.24, 2.45) is 5.92 Å². The molecule has 0 bridgehead atoms. The van der Waals surface area contributed by atoms with Crippen LogP contribution in [0, 0.1) is 11.7 Å². The number of aliphatic hydroxyl groups excluding tert-OH is 1. The Morgan fingerprint density at radius 3 is 2.79 bits per heavy atom. The molecule has 0 aromatic heterocycles. The van der Waals surface area contributed by atoms with Crippen LogP contribution in [0.3, 0.4) is 0 Å². The van der Waals surface area contributed by atoms with Crippen molar-refractivity contribution in [1.82, 2.24) is 5.32 Å². The van der Waals surface area contributed by atoms with Gasteiger partial charge in [0.05, 0.1) is 12.1 Å². The lowest BCUT2D eigenvalue weighted by Gasteiger charge is -2.18. The molecule has 124 valence electrons. The number of fused-ring (bicyclic) bond motifs is 1. The second kappa shape index (κ2) is 5.87. The summed E-state index contributed by atoms with van der Waals surface area (Å²) in [5.41, 5.74) is 2.44. The highest BCUT2D eigenvalue weighted by molar-refractivity contribution is 6.31. The minimum Gasteiger partial charge on any atom is -0.390 e. The SMILES string of the molecule is O=C(NC1c2ccccc2CC1O)C1CC1c1c(F)cccc1Cl. The zero-order chi connectivity index (χ0) is 16.8. The van der Waals surface area contributed by atoms with Crippen LogP contribution >= 0.6 is 11.6 Å². The standard InChI is InChI=1S/C19H17ClFNO2/c20-14-6-3-7-15(21)17(14)12-9-13(12)19(24)22-18-11-5-2-1-4-10(11)8-16(18)23/h1-7,12-13,16,18,23H,8-9H2,(H,22,24). The van der Waals surface area contributed by atoms with Crippen LogP contribution in [0.15, 0.2) is 42.5 Å². The van der Waals surface area contributed by atoms with Crippen LogP contribution in [0.5, 0.6) is 0 Å². The number of aliphatic hydroxyl groups is 1. The first-order valence-electron chi connectivity index (χ1n) is 8.06. The number of rotatable bonds is 3. The number of carbonyl (C=O) groups excluding carboxylic acids is 1. The van der Waals surface area contributed by atoms with Crippen LogP contribution in [-0.4, -0.2) is 17.1 Å². The van der Waals surface area contributed by atoms with Gasteiger partial charge in [-0.25, -0.2) is 4.39 Å². The molecule has 0 heterocycles. The fraction of sp³-hybridized carbons (Fsp3) is 0.316. The number of nitrogens with one attached hydrogen (secondary N) is 1. The Balaban J connectivity index is 1.49. The number of hydrogen-bond donors (Lipinski definition) is 2. The van der Waals surface area contributed by atoms with E-state index in [0.29, 0.717) is 23.4 Å². The van der Waals surface area contributed by atoms with E-state index in [1.807, 2.05) is 24.3 Å². The predicted octanol–water partition coefficient (Wildman–Crippen LogP) is 3.36. The molecule has 1 fully saturated rings. The van der Waals surface area contributed by atoms with Gasteiger partial charge in [-0.1, -0.05) is 41.9 Å². The van der Waals surface area contributed by atoms with Gasteiger partial charge in [-0.3, -0.25) is 4.79 Å². The smallest absolute Gasteiger partial charge is 0.224 e. The van der Waals surface area contributed by atoms with Crippen molar-refractivity contribution in [3.05, 3.63) is 70.0 Å². The van der Waals surface area contributed by atoms with Gasteiger partial charge in [-0.2, -0.15) is 0 Å². The molecule has 2 aromatic carbocycles. The van der Waals surface area contributed by atoms with E-state index in [4.69, 9.17) is 11.6 Å². The normalized spacial score (nSPS) is 27.6. The molecule has 1 saturated carbocycles. The molecule has 0 saturated heterocycles. The zero-order valence-corrected chi connectivity index (χ0v) is 13.6. The zero-order valence-electron chi connectivity index (χ0n) is 12.9. The highest BCUT2D eigenvalue weighted by Gasteiger charge is 2.47. The van der Waals surface area contributed by atoms with E-state index in [0.717, 1.165) is 11.1 Å². The molecule has 2 aromatic rings. The quantitative estimate of drug-likeness (QED) is 0.896. The van der Waals surface area contributed by atoms with Gasteiger partial charge in [0.2, 0.25) is 5.91 Å². The van der Waals surface area contributed by atoms with E-state index < -0.39 is 12.1 Å². The monoisotopic (exact) mass is 345 g/mol. The Morgan fingerprint density at radius 2 is 2.00 bits per heavy atom. The van der Waals surface area contributed by atoms with Crippen LogP contribution in [-0.2, 0) is 11.2 Å². The first-order valence-corrected chi connectivity index (χ1v) is 8.44. The molecule has 24 heavy (non-hydrogen) atoms. The molecule has 4 rings (SSSR count). The highest BCUT2D eigenvalue weighted by Crippen LogP contribution is 2.51. The minimum absolute atomic E-state index is 0.153. The van der Waals surface area contributed by atoms with Gasteiger partial charge in [0.15, 0.2) is 0 Å². The summed E-state index contributed by atoms with van der Waals surface area (Å²) in [5.74, 6) is -0.999. The molecule has 2 aliphatic rings. The lowest BCUT2D eigenvalue weighted by atomic mass is 10.1. The maximum absolute atomic E-state index is 14.0. The molecule has 0 radical (unpaired) electrons. The lowest BCUT2D eigenvalue weighted by Crippen LogP contribution is -2.35. The summed E-state index contributed by atoms with van der Waals surface area (Å²) >= 11 is 6.08. The Kier molecular flexibility index (Phi) is 3.82. The Hall–Kier alpha value is -1.91. The van der Waals surface area contributed by atoms with Crippen molar-refractivity contribution in [2.75, 3.05) is 0 Å². The second-order valence-corrected chi connectivity index (χ2v) is 6.95. The van der Waals surface area contributed by atoms with E-state index in [9.17, 15) is 14.3 Å². The molecule has 4 atom stereocenters. The number of carbonyl (C=O) groups is 1. The van der Waals surface area contributed by atoms with Crippen molar-refractivity contribution in [3.8, 4) is 0 Å². The summed E-state index contributed by atoms with van der Waals surface area (Å²) in [7, 11) is 0. The van der Waals surface area contributed by atoms with Crippen molar-refractivity contribution >= 4 is 17.5 Å². The highest BCUT2D eigenvalue weighted by atomic mass is 35.5. The first kappa shape index (κ1) is 15.6. The van der Waals surface area contributed by atoms with E-state index in [1.165, 1.54) is 6.07 Å². The van der Waals surface area contributed by atoms with E-state index in [1.54, 1.807) is 12.1 Å². The van der Waals surface area contributed by atoms with E-state index in [2.05, 4.69) is 5.32 Å². The number of hydrogen-bond acceptors (Lipinski definition) is 2. The maximum Gasteiger partial charge on any atom is 0.224 e. The molecule has 2 N–H and O–H groups in total. The van der Waals surface area contributed by atoms with Crippen molar-refractivity contribution < 1.29 is 14.3 Å². The fourth-order valence-electron chi connectivity index (χ4n) is 3.68. The van der Waals surface area contributed by atoms with Gasteiger partial charge >= 0.3 is 0 Å². The Labute approximate surface area is 144 Å². The predicted molar refractivity (Wildman–Crippen MR) is 89.3 cm³/mol. The average Bonchev–Trinajstić information content (AvgIpc) is 3.27. The largest absolute Gasteiger partial charge is 0.390 e. The fourth-order valence-corrected chi connectivity index (χ4v) is 3.98. The number of benzene rings is 2. The number of halogens is 2. The minimum atomic E-state index is -0.624. The van der Waals surface area contributed by atoms with Crippen molar-refractivity contribution in [3.63, 3.8) is 0 Å². The average molecular weight is 346 g/mol. The summed E-state index contributed by atoms with van der Waals surface area (Å²) < 4.78 is 14.0. The molecule has 3 nitrogen and oxygen atoms in total. The van der Waals surface area contributed by atoms with Gasteiger partial charge in [0.1, 0.15) is 5.82 Å². The van der Waals surface area contributed by atoms with Crippen LogP contribution in [0.4, 0.5) is 4.39 Å². The maximum atomic E-state index is 14.0. The third-order valence-electron chi connectivity index (χ3n) is 5.00. The van der Waals surface area contributed by atoms with Gasteiger partial charge < -0.3 is 10.4 Å². The molecule has 0 aliphatic heterocycles. The Morgan fingerprint density at radius 1 is 1.21 bits per heavy atom. The molecular weight excluding hydrogens is 329 g/mol. The molecule has 1 amide bonds. The van der Waals surface area contributed by atoms with Crippen molar-refractivity contribution in [2.45, 2.75) is 30.9 Å². The third kappa shape index (κ3) is 2.60. The molecule has 5 heteroatoms. The van der Waals surface area contributed by atoms with Crippen LogP contribution in [0.1, 0.15) is 35.1 Å². The Bertz CT molecular complexity index is 789.